The second-order valence-corrected chi connectivity index (χ2v) is 5.32. The first kappa shape index (κ1) is 9.30. The molecule has 66 valence electrons. The molecule has 0 amide bonds. The van der Waals surface area contributed by atoms with E-state index in [4.69, 9.17) is 0 Å². The van der Waals surface area contributed by atoms with Crippen molar-refractivity contribution in [2.24, 2.45) is 0 Å². The lowest BCUT2D eigenvalue weighted by molar-refractivity contribution is 1.30. The lowest BCUT2D eigenvalue weighted by Gasteiger charge is -1.94. The van der Waals surface area contributed by atoms with Crippen LogP contribution in [0.15, 0.2) is 32.7 Å². The summed E-state index contributed by atoms with van der Waals surface area (Å²) < 4.78 is 6.04. The predicted octanol–water partition coefficient (Wildman–Crippen LogP) is 3.73. The summed E-state index contributed by atoms with van der Waals surface area (Å²) >= 11 is 8.03. The fourth-order valence-electron chi connectivity index (χ4n) is 0.950. The molecule has 0 spiro atoms. The van der Waals surface area contributed by atoms with Crippen LogP contribution in [0.4, 0.5) is 0 Å². The van der Waals surface area contributed by atoms with Crippen molar-refractivity contribution in [2.75, 3.05) is 0 Å². The molecule has 0 radical (unpaired) electrons. The van der Waals surface area contributed by atoms with Crippen LogP contribution in [0.2, 0.25) is 0 Å². The van der Waals surface area contributed by atoms with E-state index in [1.807, 2.05) is 24.3 Å². The third kappa shape index (κ3) is 2.15. The minimum Gasteiger partial charge on any atom is -0.208 e. The van der Waals surface area contributed by atoms with E-state index in [1.54, 1.807) is 0 Å². The molecular weight excluding hydrogens is 316 g/mol. The zero-order valence-electron chi connectivity index (χ0n) is 6.37. The minimum atomic E-state index is 0.762. The van der Waals surface area contributed by atoms with Gasteiger partial charge in [-0.25, -0.2) is 4.98 Å². The summed E-state index contributed by atoms with van der Waals surface area (Å²) in [5, 5.41) is 0. The van der Waals surface area contributed by atoms with Crippen molar-refractivity contribution in [1.82, 2.24) is 9.36 Å². The summed E-state index contributed by atoms with van der Waals surface area (Å²) in [5.41, 5.74) is 1.02. The molecule has 0 fully saturated rings. The van der Waals surface area contributed by atoms with Gasteiger partial charge in [-0.3, -0.25) is 0 Å². The molecule has 1 heterocycles. The average Bonchev–Trinajstić information content (AvgIpc) is 2.52. The van der Waals surface area contributed by atoms with Gasteiger partial charge in [-0.15, -0.1) is 0 Å². The van der Waals surface area contributed by atoms with Gasteiger partial charge in [0.2, 0.25) is 0 Å². The van der Waals surface area contributed by atoms with E-state index in [2.05, 4.69) is 41.2 Å². The summed E-state index contributed by atoms with van der Waals surface area (Å²) in [5.74, 6) is 0.762. The van der Waals surface area contributed by atoms with Gasteiger partial charge >= 0.3 is 0 Å². The highest BCUT2D eigenvalue weighted by atomic mass is 79.9. The molecule has 2 nitrogen and oxygen atoms in total. The highest BCUT2D eigenvalue weighted by Gasteiger charge is 2.03. The Hall–Kier alpha value is -0.260. The normalized spacial score (nSPS) is 10.3. The van der Waals surface area contributed by atoms with Crippen LogP contribution in [0.5, 0.6) is 0 Å². The molecular formula is C8H4Br2N2S. The van der Waals surface area contributed by atoms with E-state index in [9.17, 15) is 0 Å². The van der Waals surface area contributed by atoms with E-state index in [0.29, 0.717) is 0 Å². The first-order chi connectivity index (χ1) is 6.25. The summed E-state index contributed by atoms with van der Waals surface area (Å²) in [7, 11) is 0. The van der Waals surface area contributed by atoms with Crippen molar-refractivity contribution in [1.29, 1.82) is 0 Å². The maximum atomic E-state index is 4.23. The molecule has 0 aliphatic rings. The number of halogens is 2. The first-order valence-corrected chi connectivity index (χ1v) is 5.87. The predicted molar refractivity (Wildman–Crippen MR) is 60.7 cm³/mol. The molecule has 1 aromatic carbocycles. The molecule has 13 heavy (non-hydrogen) atoms. The number of hydrogen-bond donors (Lipinski definition) is 0. The van der Waals surface area contributed by atoms with Crippen LogP contribution >= 0.6 is 43.4 Å². The molecule has 0 atom stereocenters. The van der Waals surface area contributed by atoms with Gasteiger partial charge in [0.25, 0.3) is 0 Å². The Morgan fingerprint density at radius 2 is 2.08 bits per heavy atom. The Morgan fingerprint density at radius 3 is 2.69 bits per heavy atom. The van der Waals surface area contributed by atoms with Crippen molar-refractivity contribution < 1.29 is 0 Å². The molecule has 0 bridgehead atoms. The van der Waals surface area contributed by atoms with Gasteiger partial charge in [-0.2, -0.15) is 4.37 Å². The third-order valence-electron chi connectivity index (χ3n) is 1.48. The van der Waals surface area contributed by atoms with Crippen molar-refractivity contribution >= 4 is 43.4 Å². The van der Waals surface area contributed by atoms with E-state index in [1.165, 1.54) is 11.5 Å². The summed E-state index contributed by atoms with van der Waals surface area (Å²) in [6.07, 6.45) is 0. The standard InChI is InChI=1S/C8H4Br2N2S/c9-6-3-1-2-5(4-6)7-11-8(10)13-12-7/h1-4H. The Kier molecular flexibility index (Phi) is 2.76. The van der Waals surface area contributed by atoms with Crippen LogP contribution in [-0.4, -0.2) is 9.36 Å². The van der Waals surface area contributed by atoms with Crippen molar-refractivity contribution in [3.63, 3.8) is 0 Å². The van der Waals surface area contributed by atoms with E-state index in [-0.39, 0.29) is 0 Å². The van der Waals surface area contributed by atoms with Crippen LogP contribution in [0, 0.1) is 0 Å². The van der Waals surface area contributed by atoms with Gasteiger partial charge < -0.3 is 0 Å². The maximum absolute atomic E-state index is 4.23. The number of nitrogens with zero attached hydrogens (tertiary/aromatic N) is 2. The number of aromatic nitrogens is 2. The van der Waals surface area contributed by atoms with E-state index < -0.39 is 0 Å². The molecule has 2 rings (SSSR count). The molecule has 0 saturated carbocycles. The van der Waals surface area contributed by atoms with Crippen LogP contribution in [0.1, 0.15) is 0 Å². The lowest BCUT2D eigenvalue weighted by atomic mass is 10.2. The smallest absolute Gasteiger partial charge is 0.179 e. The Bertz CT molecular complexity index is 428. The van der Waals surface area contributed by atoms with Gasteiger partial charge in [0.15, 0.2) is 9.74 Å². The zero-order valence-corrected chi connectivity index (χ0v) is 10.4. The number of benzene rings is 1. The molecule has 2 aromatic rings. The van der Waals surface area contributed by atoms with Crippen molar-refractivity contribution in [2.45, 2.75) is 0 Å². The van der Waals surface area contributed by atoms with Gasteiger partial charge in [-0.05, 0) is 39.6 Å². The molecule has 0 aliphatic carbocycles. The average molecular weight is 320 g/mol. The fraction of sp³-hybridized carbons (Fsp3) is 0. The number of hydrogen-bond acceptors (Lipinski definition) is 3. The largest absolute Gasteiger partial charge is 0.208 e. The van der Waals surface area contributed by atoms with Gasteiger partial charge in [0, 0.05) is 10.0 Å². The fourth-order valence-corrected chi connectivity index (χ4v) is 2.17. The van der Waals surface area contributed by atoms with Crippen molar-refractivity contribution in [3.8, 4) is 11.4 Å². The van der Waals surface area contributed by atoms with Crippen LogP contribution < -0.4 is 0 Å². The number of rotatable bonds is 1. The molecule has 0 aliphatic heterocycles. The van der Waals surface area contributed by atoms with E-state index >= 15 is 0 Å². The second kappa shape index (κ2) is 3.86. The highest BCUT2D eigenvalue weighted by Crippen LogP contribution is 2.23. The maximum Gasteiger partial charge on any atom is 0.179 e. The molecule has 5 heteroatoms. The minimum absolute atomic E-state index is 0.762. The third-order valence-corrected chi connectivity index (χ3v) is 3.10. The zero-order chi connectivity index (χ0) is 9.26. The second-order valence-electron chi connectivity index (χ2n) is 2.38. The summed E-state index contributed by atoms with van der Waals surface area (Å²) in [6, 6.07) is 7.92. The molecule has 0 saturated heterocycles. The van der Waals surface area contributed by atoms with Crippen molar-refractivity contribution in [3.05, 3.63) is 32.7 Å². The van der Waals surface area contributed by atoms with Crippen LogP contribution in [-0.2, 0) is 0 Å². The Morgan fingerprint density at radius 1 is 1.23 bits per heavy atom. The SMILES string of the molecule is Brc1cccc(-c2nsc(Br)n2)c1. The first-order valence-electron chi connectivity index (χ1n) is 3.51. The quantitative estimate of drug-likeness (QED) is 0.800. The van der Waals surface area contributed by atoms with Crippen LogP contribution in [0.3, 0.4) is 0 Å². The molecule has 0 N–H and O–H groups in total. The highest BCUT2D eigenvalue weighted by molar-refractivity contribution is 9.11. The van der Waals surface area contributed by atoms with Gasteiger partial charge in [0.05, 0.1) is 0 Å². The van der Waals surface area contributed by atoms with Crippen LogP contribution in [0.25, 0.3) is 11.4 Å². The summed E-state index contributed by atoms with van der Waals surface area (Å²) in [4.78, 5) is 4.23. The lowest BCUT2D eigenvalue weighted by Crippen LogP contribution is -1.79. The monoisotopic (exact) mass is 318 g/mol. The summed E-state index contributed by atoms with van der Waals surface area (Å²) in [6.45, 7) is 0. The Balaban J connectivity index is 2.46. The Labute approximate surface area is 96.4 Å². The molecule has 0 unspecified atom stereocenters. The van der Waals surface area contributed by atoms with Gasteiger partial charge in [-0.1, -0.05) is 28.1 Å². The topological polar surface area (TPSA) is 25.8 Å². The van der Waals surface area contributed by atoms with E-state index in [0.717, 1.165) is 19.8 Å². The van der Waals surface area contributed by atoms with Gasteiger partial charge in [0.1, 0.15) is 0 Å². The molecule has 1 aromatic heterocycles.